The molecule has 0 aromatic rings. The Bertz CT molecular complexity index is 114. The molecule has 0 bridgehead atoms. The van der Waals surface area contributed by atoms with E-state index in [2.05, 4.69) is 0 Å². The zero-order valence-corrected chi connectivity index (χ0v) is 5.43. The van der Waals surface area contributed by atoms with Gasteiger partial charge in [-0.25, -0.2) is 0 Å². The standard InChI is InChI=1S/C6H10O2/c1-5(7)4-6(2)8-3/h4H,1-3H3/p+1. The van der Waals surface area contributed by atoms with Gasteiger partial charge in [-0.2, -0.15) is 0 Å². The first-order chi connectivity index (χ1) is 3.66. The molecule has 0 rings (SSSR count). The van der Waals surface area contributed by atoms with E-state index >= 15 is 0 Å². The minimum absolute atomic E-state index is 0.268. The van der Waals surface area contributed by atoms with Crippen molar-refractivity contribution >= 4 is 5.78 Å². The van der Waals surface area contributed by atoms with Crippen molar-refractivity contribution in [2.24, 2.45) is 0 Å². The molecule has 0 saturated heterocycles. The fourth-order valence-electron chi connectivity index (χ4n) is 0.353. The zero-order valence-electron chi connectivity index (χ0n) is 5.43. The molecule has 0 amide bonds. The molecule has 0 radical (unpaired) electrons. The van der Waals surface area contributed by atoms with Crippen LogP contribution in [0.15, 0.2) is 11.8 Å². The maximum atomic E-state index is 8.61. The minimum Gasteiger partial charge on any atom is -0.501 e. The van der Waals surface area contributed by atoms with Crippen molar-refractivity contribution in [2.45, 2.75) is 13.8 Å². The molecule has 0 heterocycles. The van der Waals surface area contributed by atoms with E-state index in [-0.39, 0.29) is 5.78 Å². The summed E-state index contributed by atoms with van der Waals surface area (Å²) in [4.78, 5) is 8.61. The van der Waals surface area contributed by atoms with Gasteiger partial charge in [0, 0.05) is 0 Å². The molecule has 0 aliphatic heterocycles. The molecular formula is C6H11O2+. The quantitative estimate of drug-likeness (QED) is 0.301. The molecule has 2 heteroatoms. The van der Waals surface area contributed by atoms with E-state index in [1.54, 1.807) is 27.0 Å². The van der Waals surface area contributed by atoms with Gasteiger partial charge >= 0.3 is 5.78 Å². The Morgan fingerprint density at radius 2 is 2.00 bits per heavy atom. The summed E-state index contributed by atoms with van der Waals surface area (Å²) in [7, 11) is 1.56. The summed E-state index contributed by atoms with van der Waals surface area (Å²) >= 11 is 0. The Labute approximate surface area is 49.1 Å². The highest BCUT2D eigenvalue weighted by atomic mass is 16.5. The molecule has 0 spiro atoms. The van der Waals surface area contributed by atoms with Crippen LogP contribution in [0.25, 0.3) is 0 Å². The van der Waals surface area contributed by atoms with Crippen LogP contribution >= 0.6 is 0 Å². The second-order valence-electron chi connectivity index (χ2n) is 1.60. The second-order valence-corrected chi connectivity index (χ2v) is 1.60. The molecule has 0 aromatic heterocycles. The summed E-state index contributed by atoms with van der Waals surface area (Å²) < 4.78 is 4.74. The third-order valence-corrected chi connectivity index (χ3v) is 0.734. The van der Waals surface area contributed by atoms with E-state index in [1.165, 1.54) is 0 Å². The molecular weight excluding hydrogens is 104 g/mol. The minimum atomic E-state index is 0.268. The lowest BCUT2D eigenvalue weighted by Gasteiger charge is -1.91. The van der Waals surface area contributed by atoms with Crippen LogP contribution in [0.3, 0.4) is 0 Å². The first-order valence-corrected chi connectivity index (χ1v) is 2.41. The average molecular weight is 115 g/mol. The lowest BCUT2D eigenvalue weighted by molar-refractivity contribution is 0.294. The Kier molecular flexibility index (Phi) is 2.92. The fourth-order valence-corrected chi connectivity index (χ4v) is 0.353. The number of hydrogen-bond donors (Lipinski definition) is 0. The summed E-state index contributed by atoms with van der Waals surface area (Å²) in [6, 6.07) is 0. The number of ketones is 1. The van der Waals surface area contributed by atoms with E-state index in [1.807, 2.05) is 0 Å². The van der Waals surface area contributed by atoms with Crippen LogP contribution in [0, 0.1) is 0 Å². The van der Waals surface area contributed by atoms with Gasteiger partial charge in [-0.1, -0.05) is 0 Å². The molecule has 0 fully saturated rings. The number of allylic oxidation sites excluding steroid dienone is 2. The number of methoxy groups -OCH3 is 1. The molecule has 1 N–H and O–H groups in total. The summed E-state index contributed by atoms with van der Waals surface area (Å²) in [6.07, 6.45) is 1.56. The van der Waals surface area contributed by atoms with Crippen molar-refractivity contribution in [1.29, 1.82) is 0 Å². The van der Waals surface area contributed by atoms with Crippen LogP contribution < -0.4 is 0 Å². The van der Waals surface area contributed by atoms with Crippen LogP contribution in [-0.4, -0.2) is 17.7 Å². The maximum Gasteiger partial charge on any atom is 0.316 e. The normalized spacial score (nSPS) is 11.1. The van der Waals surface area contributed by atoms with E-state index < -0.39 is 0 Å². The average Bonchev–Trinajstić information content (AvgIpc) is 1.65. The van der Waals surface area contributed by atoms with Gasteiger partial charge < -0.3 is 4.74 Å². The lowest BCUT2D eigenvalue weighted by atomic mass is 10.4. The third-order valence-electron chi connectivity index (χ3n) is 0.734. The van der Waals surface area contributed by atoms with E-state index in [0.717, 1.165) is 0 Å². The van der Waals surface area contributed by atoms with Crippen LogP contribution in [0.5, 0.6) is 0 Å². The molecule has 0 aliphatic carbocycles. The topological polar surface area (TPSA) is 30.6 Å². The van der Waals surface area contributed by atoms with Crippen LogP contribution in [-0.2, 0) is 4.74 Å². The van der Waals surface area contributed by atoms with Crippen molar-refractivity contribution in [1.82, 2.24) is 0 Å². The van der Waals surface area contributed by atoms with Crippen molar-refractivity contribution < 1.29 is 9.53 Å². The van der Waals surface area contributed by atoms with Crippen LogP contribution in [0.1, 0.15) is 13.8 Å². The van der Waals surface area contributed by atoms with E-state index in [9.17, 15) is 0 Å². The number of ether oxygens (including phenoxy) is 1. The van der Waals surface area contributed by atoms with Gasteiger partial charge in [-0.05, 0) is 6.92 Å². The fraction of sp³-hybridized carbons (Fsp3) is 0.500. The Morgan fingerprint density at radius 1 is 1.50 bits per heavy atom. The highest BCUT2D eigenvalue weighted by molar-refractivity contribution is 5.88. The molecule has 0 aromatic carbocycles. The third kappa shape index (κ3) is 3.40. The maximum absolute atomic E-state index is 8.61. The summed E-state index contributed by atoms with van der Waals surface area (Å²) in [5.41, 5.74) is 0. The van der Waals surface area contributed by atoms with Gasteiger partial charge in [-0.3, -0.25) is 4.79 Å². The lowest BCUT2D eigenvalue weighted by Crippen LogP contribution is -1.86. The molecule has 8 heavy (non-hydrogen) atoms. The van der Waals surface area contributed by atoms with Gasteiger partial charge in [-0.15, -0.1) is 0 Å². The second kappa shape index (κ2) is 3.24. The Hall–Kier alpha value is -0.790. The molecule has 0 unspecified atom stereocenters. The van der Waals surface area contributed by atoms with Crippen molar-refractivity contribution in [3.63, 3.8) is 0 Å². The highest BCUT2D eigenvalue weighted by Crippen LogP contribution is 1.90. The van der Waals surface area contributed by atoms with Crippen molar-refractivity contribution in [3.8, 4) is 0 Å². The number of hydrogen-bond acceptors (Lipinski definition) is 1. The van der Waals surface area contributed by atoms with Gasteiger partial charge in [0.25, 0.3) is 0 Å². The van der Waals surface area contributed by atoms with Crippen molar-refractivity contribution in [2.75, 3.05) is 7.11 Å². The first-order valence-electron chi connectivity index (χ1n) is 2.41. The highest BCUT2D eigenvalue weighted by Gasteiger charge is 1.92. The molecule has 0 atom stereocenters. The smallest absolute Gasteiger partial charge is 0.316 e. The predicted molar refractivity (Wildman–Crippen MR) is 33.4 cm³/mol. The molecule has 0 aliphatic rings. The SMILES string of the molecule is COC(C)=CC(C)=[OH+]. The molecule has 0 saturated carbocycles. The van der Waals surface area contributed by atoms with E-state index in [0.29, 0.717) is 5.76 Å². The largest absolute Gasteiger partial charge is 0.501 e. The monoisotopic (exact) mass is 115 g/mol. The molecule has 2 nitrogen and oxygen atoms in total. The van der Waals surface area contributed by atoms with Gasteiger partial charge in [0.05, 0.1) is 20.1 Å². The summed E-state index contributed by atoms with van der Waals surface area (Å²) in [5, 5.41) is 0. The van der Waals surface area contributed by atoms with Gasteiger partial charge in [0.2, 0.25) is 0 Å². The van der Waals surface area contributed by atoms with Gasteiger partial charge in [0.1, 0.15) is 5.76 Å². The Morgan fingerprint density at radius 3 is 2.12 bits per heavy atom. The Balaban J connectivity index is 3.75. The predicted octanol–water partition coefficient (Wildman–Crippen LogP) is 1.10. The van der Waals surface area contributed by atoms with E-state index in [4.69, 9.17) is 9.53 Å². The first kappa shape index (κ1) is 7.21. The molecule has 46 valence electrons. The number of rotatable bonds is 2. The summed E-state index contributed by atoms with van der Waals surface area (Å²) in [5.74, 6) is 0.981. The van der Waals surface area contributed by atoms with Crippen LogP contribution in [0.2, 0.25) is 0 Å². The van der Waals surface area contributed by atoms with Crippen LogP contribution in [0.4, 0.5) is 0 Å². The van der Waals surface area contributed by atoms with Gasteiger partial charge in [0.15, 0.2) is 0 Å². The number of carbonyl (C=O) groups excluding carboxylic acids is 1. The zero-order chi connectivity index (χ0) is 6.57. The van der Waals surface area contributed by atoms with Crippen molar-refractivity contribution in [3.05, 3.63) is 11.8 Å². The summed E-state index contributed by atoms with van der Waals surface area (Å²) in [6.45, 7) is 3.38.